The van der Waals surface area contributed by atoms with Gasteiger partial charge < -0.3 is 10.2 Å². The van der Waals surface area contributed by atoms with Crippen molar-refractivity contribution in [1.29, 1.82) is 0 Å². The van der Waals surface area contributed by atoms with Crippen LogP contribution >= 0.6 is 23.7 Å². The molecule has 4 fully saturated rings. The Morgan fingerprint density at radius 2 is 2.10 bits per heavy atom. The minimum atomic E-state index is -0.0370. The number of pyridine rings is 1. The van der Waals surface area contributed by atoms with Gasteiger partial charge in [-0.15, -0.1) is 0 Å². The Hall–Kier alpha value is -1.44. The Kier molecular flexibility index (Phi) is 4.35. The molecule has 1 saturated heterocycles. The van der Waals surface area contributed by atoms with Gasteiger partial charge in [-0.3, -0.25) is 9.52 Å². The molecule has 0 radical (unpaired) electrons. The fraction of sp³-hybridized carbons (Fsp3) is 0.565. The standard InChI is InChI=1S/C23H28N4OS2/c1-14-13-27(7-8-29-14)19-10-16(30-26-22(2)5-6-22)9-18-17(19)3-4-20(24-18)25-21(28)23-11-15(23)12-23/h3-4,9-10,14-15,26H,5-8,11-13H2,1-2H3,(H,24,25,28). The summed E-state index contributed by atoms with van der Waals surface area (Å²) in [6.07, 6.45) is 4.59. The van der Waals surface area contributed by atoms with Gasteiger partial charge in [0.15, 0.2) is 0 Å². The van der Waals surface area contributed by atoms with E-state index in [1.165, 1.54) is 28.8 Å². The van der Waals surface area contributed by atoms with Gasteiger partial charge in [-0.25, -0.2) is 4.98 Å². The van der Waals surface area contributed by atoms with E-state index in [0.717, 1.165) is 37.2 Å². The van der Waals surface area contributed by atoms with Crippen LogP contribution in [-0.4, -0.2) is 40.5 Å². The summed E-state index contributed by atoms with van der Waals surface area (Å²) in [5.41, 5.74) is 2.45. The van der Waals surface area contributed by atoms with Gasteiger partial charge in [0.1, 0.15) is 5.82 Å². The summed E-state index contributed by atoms with van der Waals surface area (Å²) in [5.74, 6) is 2.63. The van der Waals surface area contributed by atoms with Crippen LogP contribution in [0.2, 0.25) is 0 Å². The summed E-state index contributed by atoms with van der Waals surface area (Å²) in [6, 6.07) is 8.58. The van der Waals surface area contributed by atoms with Gasteiger partial charge in [-0.1, -0.05) is 6.92 Å². The topological polar surface area (TPSA) is 57.3 Å². The van der Waals surface area contributed by atoms with E-state index in [9.17, 15) is 4.79 Å². The molecule has 1 aromatic heterocycles. The fourth-order valence-electron chi connectivity index (χ4n) is 4.40. The molecule has 6 rings (SSSR count). The number of thioether (sulfide) groups is 1. The first-order valence-electron chi connectivity index (χ1n) is 11.0. The van der Waals surface area contributed by atoms with Crippen LogP contribution in [0.1, 0.15) is 39.5 Å². The third-order valence-corrected chi connectivity index (χ3v) is 9.33. The molecule has 5 nitrogen and oxygen atoms in total. The van der Waals surface area contributed by atoms with E-state index in [-0.39, 0.29) is 16.9 Å². The van der Waals surface area contributed by atoms with Crippen LogP contribution < -0.4 is 14.9 Å². The molecule has 1 unspecified atom stereocenters. The van der Waals surface area contributed by atoms with Gasteiger partial charge in [0.25, 0.3) is 0 Å². The second-order valence-corrected chi connectivity index (χ2v) is 12.2. The lowest BCUT2D eigenvalue weighted by molar-refractivity contribution is -0.119. The SMILES string of the molecule is CC1CN(c2cc(SNC3(C)CC3)cc3nc(NC(=O)C45CC4C5)ccc23)CCS1. The first kappa shape index (κ1) is 19.3. The van der Waals surface area contributed by atoms with Gasteiger partial charge in [-0.2, -0.15) is 11.8 Å². The van der Waals surface area contributed by atoms with Gasteiger partial charge >= 0.3 is 0 Å². The van der Waals surface area contributed by atoms with Crippen molar-refractivity contribution in [2.75, 3.05) is 29.1 Å². The quantitative estimate of drug-likeness (QED) is 0.637. The molecule has 1 aromatic carbocycles. The third kappa shape index (κ3) is 3.49. The van der Waals surface area contributed by atoms with Crippen molar-refractivity contribution in [1.82, 2.24) is 9.71 Å². The molecule has 0 spiro atoms. The number of carbonyl (C=O) groups excluding carboxylic acids is 1. The Morgan fingerprint density at radius 3 is 2.80 bits per heavy atom. The van der Waals surface area contributed by atoms with Gasteiger partial charge in [0, 0.05) is 45.6 Å². The molecule has 3 aliphatic carbocycles. The van der Waals surface area contributed by atoms with Crippen LogP contribution in [0.15, 0.2) is 29.2 Å². The number of hydrogen-bond acceptors (Lipinski definition) is 6. The number of hydrogen-bond donors (Lipinski definition) is 2. The second kappa shape index (κ2) is 6.78. The maximum atomic E-state index is 12.5. The number of nitrogens with one attached hydrogen (secondary N) is 2. The molecule has 158 valence electrons. The van der Waals surface area contributed by atoms with Gasteiger partial charge in [0.2, 0.25) is 5.91 Å². The lowest BCUT2D eigenvalue weighted by Gasteiger charge is -2.33. The predicted octanol–water partition coefficient (Wildman–Crippen LogP) is 4.67. The summed E-state index contributed by atoms with van der Waals surface area (Å²) in [5, 5.41) is 4.88. The van der Waals surface area contributed by atoms with E-state index in [2.05, 4.69) is 47.0 Å². The number of aromatic nitrogens is 1. The van der Waals surface area contributed by atoms with Crippen molar-refractivity contribution in [3.05, 3.63) is 24.3 Å². The highest BCUT2D eigenvalue weighted by Crippen LogP contribution is 2.75. The van der Waals surface area contributed by atoms with E-state index in [0.29, 0.717) is 17.0 Å². The van der Waals surface area contributed by atoms with Crippen molar-refractivity contribution in [2.24, 2.45) is 11.3 Å². The number of rotatable bonds is 6. The minimum absolute atomic E-state index is 0.0370. The van der Waals surface area contributed by atoms with Crippen LogP contribution in [0, 0.1) is 11.3 Å². The average molecular weight is 441 g/mol. The molecular weight excluding hydrogens is 412 g/mol. The van der Waals surface area contributed by atoms with Crippen LogP contribution in [0.4, 0.5) is 11.5 Å². The van der Waals surface area contributed by atoms with Gasteiger partial charge in [0.05, 0.1) is 10.9 Å². The molecule has 7 heteroatoms. The van der Waals surface area contributed by atoms with Crippen molar-refractivity contribution in [3.8, 4) is 0 Å². The number of benzene rings is 1. The molecule has 1 atom stereocenters. The van der Waals surface area contributed by atoms with Crippen LogP contribution in [0.25, 0.3) is 10.9 Å². The van der Waals surface area contributed by atoms with Crippen LogP contribution in [0.3, 0.4) is 0 Å². The normalized spacial score (nSPS) is 30.7. The highest BCUT2D eigenvalue weighted by Gasteiger charge is 2.74. The zero-order valence-electron chi connectivity index (χ0n) is 17.5. The van der Waals surface area contributed by atoms with E-state index < -0.39 is 0 Å². The Labute approximate surface area is 186 Å². The molecule has 30 heavy (non-hydrogen) atoms. The maximum absolute atomic E-state index is 12.5. The van der Waals surface area contributed by atoms with E-state index in [4.69, 9.17) is 4.98 Å². The zero-order valence-corrected chi connectivity index (χ0v) is 19.2. The number of fused-ring (bicyclic) bond motifs is 2. The monoisotopic (exact) mass is 440 g/mol. The predicted molar refractivity (Wildman–Crippen MR) is 126 cm³/mol. The van der Waals surface area contributed by atoms with E-state index in [1.54, 1.807) is 11.9 Å². The third-order valence-electron chi connectivity index (χ3n) is 7.13. The molecule has 1 amide bonds. The Bertz CT molecular complexity index is 1030. The molecule has 3 saturated carbocycles. The molecular formula is C23H28N4OS2. The van der Waals surface area contributed by atoms with E-state index >= 15 is 0 Å². The number of anilines is 2. The van der Waals surface area contributed by atoms with Crippen molar-refractivity contribution in [2.45, 2.75) is 55.2 Å². The van der Waals surface area contributed by atoms with Crippen molar-refractivity contribution < 1.29 is 4.79 Å². The zero-order chi connectivity index (χ0) is 20.5. The minimum Gasteiger partial charge on any atom is -0.369 e. The van der Waals surface area contributed by atoms with Crippen LogP contribution in [0.5, 0.6) is 0 Å². The van der Waals surface area contributed by atoms with Crippen molar-refractivity contribution >= 4 is 52.0 Å². The first-order valence-corrected chi connectivity index (χ1v) is 12.9. The van der Waals surface area contributed by atoms with Crippen molar-refractivity contribution in [3.63, 3.8) is 0 Å². The summed E-state index contributed by atoms with van der Waals surface area (Å²) in [7, 11) is 0. The first-order chi connectivity index (χ1) is 14.4. The summed E-state index contributed by atoms with van der Waals surface area (Å²) in [4.78, 5) is 21.1. The lowest BCUT2D eigenvalue weighted by atomic mass is 10.1. The lowest BCUT2D eigenvalue weighted by Crippen LogP contribution is -2.36. The molecule has 0 bridgehead atoms. The van der Waals surface area contributed by atoms with E-state index in [1.807, 2.05) is 17.8 Å². The second-order valence-electron chi connectivity index (χ2n) is 9.81. The average Bonchev–Trinajstić information content (AvgIpc) is 3.62. The maximum Gasteiger partial charge on any atom is 0.232 e. The molecule has 1 aliphatic heterocycles. The summed E-state index contributed by atoms with van der Waals surface area (Å²) in [6.45, 7) is 6.70. The molecule has 2 N–H and O–H groups in total. The molecule has 4 aliphatic rings. The number of amides is 1. The summed E-state index contributed by atoms with van der Waals surface area (Å²) >= 11 is 3.76. The molecule has 2 heterocycles. The molecule has 2 aromatic rings. The fourth-order valence-corrected chi connectivity index (χ4v) is 6.33. The Balaban J connectivity index is 1.33. The summed E-state index contributed by atoms with van der Waals surface area (Å²) < 4.78 is 3.63. The highest BCUT2D eigenvalue weighted by atomic mass is 32.2. The van der Waals surface area contributed by atoms with Gasteiger partial charge in [-0.05, 0) is 74.7 Å². The number of nitrogens with zero attached hydrogens (tertiary/aromatic N) is 2. The van der Waals surface area contributed by atoms with Crippen LogP contribution in [-0.2, 0) is 4.79 Å². The largest absolute Gasteiger partial charge is 0.369 e. The Morgan fingerprint density at radius 1 is 1.30 bits per heavy atom. The highest BCUT2D eigenvalue weighted by molar-refractivity contribution is 8.00. The number of carbonyl (C=O) groups is 1. The smallest absolute Gasteiger partial charge is 0.232 e.